The summed E-state index contributed by atoms with van der Waals surface area (Å²) in [4.78, 5) is 10.9. The molecule has 0 spiro atoms. The Labute approximate surface area is 164 Å². The van der Waals surface area contributed by atoms with Crippen LogP contribution in [0, 0.1) is 17.8 Å². The number of nitrogens with two attached hydrogens (primary N) is 2. The average molecular weight is 389 g/mol. The minimum Gasteiger partial charge on any atom is -0.476 e. The highest BCUT2D eigenvalue weighted by Gasteiger charge is 2.35. The largest absolute Gasteiger partial charge is 0.476 e. The summed E-state index contributed by atoms with van der Waals surface area (Å²) in [7, 11) is 1.68. The predicted octanol–water partition coefficient (Wildman–Crippen LogP) is 1.66. The van der Waals surface area contributed by atoms with Gasteiger partial charge in [0, 0.05) is 38.0 Å². The van der Waals surface area contributed by atoms with Crippen molar-refractivity contribution < 1.29 is 24.1 Å². The molecule has 0 aromatic heterocycles. The number of hydrogen-bond donors (Lipinski definition) is 4. The molecule has 1 fully saturated rings. The number of carboxylic acid groups (broad SMARTS) is 1. The van der Waals surface area contributed by atoms with E-state index in [-0.39, 0.29) is 11.8 Å². The van der Waals surface area contributed by atoms with E-state index in [1.54, 1.807) is 25.3 Å². The van der Waals surface area contributed by atoms with Gasteiger partial charge in [-0.15, -0.1) is 0 Å². The highest BCUT2D eigenvalue weighted by atomic mass is 16.7. The predicted molar refractivity (Wildman–Crippen MR) is 103 cm³/mol. The Bertz CT molecular complexity index is 774. The summed E-state index contributed by atoms with van der Waals surface area (Å²) in [6.45, 7) is 2.59. The van der Waals surface area contributed by atoms with Crippen LogP contribution in [0.2, 0.25) is 0 Å². The normalized spacial score (nSPS) is 22.5. The first-order valence-electron chi connectivity index (χ1n) is 9.11. The Morgan fingerprint density at radius 2 is 2.11 bits per heavy atom. The fraction of sp³-hybridized carbons (Fsp3) is 0.450. The molecule has 2 rings (SSSR count). The van der Waals surface area contributed by atoms with Crippen LogP contribution in [0.15, 0.2) is 35.8 Å². The number of ether oxygens (including phenoxy) is 3. The lowest BCUT2D eigenvalue weighted by Crippen LogP contribution is -2.38. The molecule has 0 amide bonds. The van der Waals surface area contributed by atoms with Crippen molar-refractivity contribution in [2.24, 2.45) is 17.5 Å². The van der Waals surface area contributed by atoms with Crippen molar-refractivity contribution in [3.63, 3.8) is 0 Å². The van der Waals surface area contributed by atoms with Crippen LogP contribution in [0.3, 0.4) is 0 Å². The summed E-state index contributed by atoms with van der Waals surface area (Å²) in [5.41, 5.74) is 7.81. The number of benzene rings is 1. The molecule has 0 bridgehead atoms. The Hall–Kier alpha value is -2.73. The molecule has 6 N–H and O–H groups in total. The second-order valence-electron chi connectivity index (χ2n) is 6.41. The quantitative estimate of drug-likeness (QED) is 0.138. The van der Waals surface area contributed by atoms with E-state index in [1.165, 1.54) is 0 Å². The lowest BCUT2D eigenvalue weighted by Gasteiger charge is -2.37. The number of rotatable bonds is 7. The Kier molecular flexibility index (Phi) is 7.70. The van der Waals surface area contributed by atoms with Gasteiger partial charge in [-0.25, -0.2) is 10.6 Å². The highest BCUT2D eigenvalue weighted by molar-refractivity contribution is 5.85. The molecular formula is C20H27N3O5. The number of carbonyl (C=O) groups is 1. The Morgan fingerprint density at radius 1 is 1.39 bits per heavy atom. The average Bonchev–Trinajstić information content (AvgIpc) is 2.71. The third-order valence-corrected chi connectivity index (χ3v) is 4.61. The SMILES string of the molecule is CCOC1(OC)CCC(C#Cc2cccc(O/C(NN)=C(/N)C(=O)O)c2)CC1. The molecule has 28 heavy (non-hydrogen) atoms. The number of hydrazine groups is 1. The zero-order chi connectivity index (χ0) is 20.6. The fourth-order valence-electron chi connectivity index (χ4n) is 3.07. The third-order valence-electron chi connectivity index (χ3n) is 4.61. The van der Waals surface area contributed by atoms with E-state index in [0.29, 0.717) is 12.4 Å². The second-order valence-corrected chi connectivity index (χ2v) is 6.41. The molecule has 8 nitrogen and oxygen atoms in total. The number of aliphatic carboxylic acids is 1. The molecule has 0 atom stereocenters. The first-order valence-corrected chi connectivity index (χ1v) is 9.11. The minimum atomic E-state index is -1.33. The van der Waals surface area contributed by atoms with E-state index in [9.17, 15) is 4.79 Å². The number of nitrogens with one attached hydrogen (secondary N) is 1. The summed E-state index contributed by atoms with van der Waals surface area (Å²) in [5, 5.41) is 8.93. The molecule has 152 valence electrons. The van der Waals surface area contributed by atoms with Crippen LogP contribution in [0.5, 0.6) is 5.75 Å². The van der Waals surface area contributed by atoms with Crippen molar-refractivity contribution in [2.75, 3.05) is 13.7 Å². The minimum absolute atomic E-state index is 0.239. The van der Waals surface area contributed by atoms with Crippen molar-refractivity contribution in [3.8, 4) is 17.6 Å². The van der Waals surface area contributed by atoms with Crippen LogP contribution in [-0.2, 0) is 14.3 Å². The first-order chi connectivity index (χ1) is 13.4. The van der Waals surface area contributed by atoms with Crippen LogP contribution >= 0.6 is 0 Å². The van der Waals surface area contributed by atoms with Gasteiger partial charge in [0.1, 0.15) is 5.75 Å². The Balaban J connectivity index is 2.05. The van der Waals surface area contributed by atoms with Gasteiger partial charge < -0.3 is 25.1 Å². The zero-order valence-electron chi connectivity index (χ0n) is 16.2. The summed E-state index contributed by atoms with van der Waals surface area (Å²) >= 11 is 0. The van der Waals surface area contributed by atoms with Gasteiger partial charge >= 0.3 is 5.97 Å². The first kappa shape index (κ1) is 21.6. The lowest BCUT2D eigenvalue weighted by molar-refractivity contribution is -0.238. The molecule has 0 heterocycles. The van der Waals surface area contributed by atoms with Gasteiger partial charge in [0.2, 0.25) is 5.88 Å². The summed E-state index contributed by atoms with van der Waals surface area (Å²) in [6, 6.07) is 6.97. The number of hydrogen-bond acceptors (Lipinski definition) is 7. The van der Waals surface area contributed by atoms with Crippen molar-refractivity contribution >= 4 is 5.97 Å². The fourth-order valence-corrected chi connectivity index (χ4v) is 3.07. The van der Waals surface area contributed by atoms with Gasteiger partial charge in [0.15, 0.2) is 11.5 Å². The molecule has 0 radical (unpaired) electrons. The van der Waals surface area contributed by atoms with Crippen molar-refractivity contribution in [1.82, 2.24) is 5.43 Å². The van der Waals surface area contributed by atoms with Gasteiger partial charge in [-0.3, -0.25) is 5.43 Å². The van der Waals surface area contributed by atoms with E-state index >= 15 is 0 Å². The van der Waals surface area contributed by atoms with Crippen molar-refractivity contribution in [3.05, 3.63) is 41.4 Å². The van der Waals surface area contributed by atoms with Crippen LogP contribution in [-0.4, -0.2) is 30.6 Å². The maximum atomic E-state index is 10.9. The molecule has 1 aliphatic carbocycles. The van der Waals surface area contributed by atoms with E-state index < -0.39 is 17.5 Å². The van der Waals surface area contributed by atoms with Gasteiger partial charge in [0.25, 0.3) is 0 Å². The smallest absolute Gasteiger partial charge is 0.357 e. The topological polar surface area (TPSA) is 129 Å². The lowest BCUT2D eigenvalue weighted by atomic mass is 9.85. The molecule has 1 aromatic rings. The molecule has 1 aliphatic rings. The maximum absolute atomic E-state index is 10.9. The summed E-state index contributed by atoms with van der Waals surface area (Å²) in [5.74, 6) is 10.3. The van der Waals surface area contributed by atoms with Crippen LogP contribution in [0.4, 0.5) is 0 Å². The van der Waals surface area contributed by atoms with Crippen LogP contribution in [0.25, 0.3) is 0 Å². The van der Waals surface area contributed by atoms with Crippen molar-refractivity contribution in [1.29, 1.82) is 0 Å². The van der Waals surface area contributed by atoms with Gasteiger partial charge in [-0.2, -0.15) is 0 Å². The van der Waals surface area contributed by atoms with Crippen LogP contribution in [0.1, 0.15) is 38.2 Å². The van der Waals surface area contributed by atoms with E-state index in [0.717, 1.165) is 31.2 Å². The van der Waals surface area contributed by atoms with E-state index in [2.05, 4.69) is 17.3 Å². The van der Waals surface area contributed by atoms with Gasteiger partial charge in [-0.1, -0.05) is 17.9 Å². The van der Waals surface area contributed by atoms with Gasteiger partial charge in [-0.05, 0) is 38.0 Å². The molecule has 0 saturated heterocycles. The maximum Gasteiger partial charge on any atom is 0.357 e. The number of carboxylic acids is 1. The molecule has 0 aliphatic heterocycles. The molecule has 8 heteroatoms. The van der Waals surface area contributed by atoms with E-state index in [1.807, 2.05) is 13.0 Å². The van der Waals surface area contributed by atoms with Gasteiger partial charge in [0.05, 0.1) is 0 Å². The standard InChI is InChI=1S/C20H27N3O5/c1-3-27-20(26-2)11-9-14(10-12-20)7-8-15-5-4-6-16(13-15)28-18(23-22)17(21)19(24)25/h4-6,13-14,23H,3,9-12,21-22H2,1-2H3,(H,24,25)/b18-17+. The Morgan fingerprint density at radius 3 is 2.68 bits per heavy atom. The van der Waals surface area contributed by atoms with Crippen molar-refractivity contribution in [2.45, 2.75) is 38.4 Å². The highest BCUT2D eigenvalue weighted by Crippen LogP contribution is 2.35. The molecule has 1 saturated carbocycles. The molecule has 0 unspecified atom stereocenters. The summed E-state index contributed by atoms with van der Waals surface area (Å²) in [6.07, 6.45) is 3.42. The second kappa shape index (κ2) is 9.99. The summed E-state index contributed by atoms with van der Waals surface area (Å²) < 4.78 is 16.8. The third kappa shape index (κ3) is 5.63. The monoisotopic (exact) mass is 389 g/mol. The van der Waals surface area contributed by atoms with Crippen LogP contribution < -0.4 is 21.7 Å². The molecular weight excluding hydrogens is 362 g/mol. The zero-order valence-corrected chi connectivity index (χ0v) is 16.2. The van der Waals surface area contributed by atoms with E-state index in [4.69, 9.17) is 30.9 Å². The number of methoxy groups -OCH3 is 1. The molecule has 1 aromatic carbocycles.